The third-order valence-corrected chi connectivity index (χ3v) is 3.15. The minimum atomic E-state index is -0.418. The fourth-order valence-corrected chi connectivity index (χ4v) is 1.98. The van der Waals surface area contributed by atoms with Crippen molar-refractivity contribution in [2.45, 2.75) is 0 Å². The summed E-state index contributed by atoms with van der Waals surface area (Å²) < 4.78 is 18.8. The van der Waals surface area contributed by atoms with Crippen molar-refractivity contribution < 1.29 is 8.91 Å². The third-order valence-electron chi connectivity index (χ3n) is 2.82. The van der Waals surface area contributed by atoms with Crippen molar-refractivity contribution in [3.05, 3.63) is 53.3 Å². The van der Waals surface area contributed by atoms with Crippen LogP contribution in [0.4, 0.5) is 10.1 Å². The zero-order valence-corrected chi connectivity index (χ0v) is 10.9. The largest absolute Gasteiger partial charge is 0.397 e. The van der Waals surface area contributed by atoms with Gasteiger partial charge in [-0.15, -0.1) is 0 Å². The average molecular weight is 290 g/mol. The molecule has 1 aromatic heterocycles. The lowest BCUT2D eigenvalue weighted by Gasteiger charge is -2.01. The first-order valence-electron chi connectivity index (χ1n) is 5.80. The van der Waals surface area contributed by atoms with Crippen molar-refractivity contribution in [3.8, 4) is 22.8 Å². The van der Waals surface area contributed by atoms with Crippen molar-refractivity contribution in [1.82, 2.24) is 10.1 Å². The van der Waals surface area contributed by atoms with E-state index in [4.69, 9.17) is 21.9 Å². The molecule has 0 aliphatic heterocycles. The lowest BCUT2D eigenvalue weighted by atomic mass is 10.1. The highest BCUT2D eigenvalue weighted by molar-refractivity contribution is 6.33. The minimum Gasteiger partial charge on any atom is -0.397 e. The van der Waals surface area contributed by atoms with Crippen LogP contribution in [0.3, 0.4) is 0 Å². The van der Waals surface area contributed by atoms with Crippen LogP contribution in [0.1, 0.15) is 0 Å². The number of nitrogens with zero attached hydrogens (tertiary/aromatic N) is 2. The van der Waals surface area contributed by atoms with E-state index in [2.05, 4.69) is 10.1 Å². The monoisotopic (exact) mass is 289 g/mol. The summed E-state index contributed by atoms with van der Waals surface area (Å²) in [6, 6.07) is 11.3. The van der Waals surface area contributed by atoms with Crippen molar-refractivity contribution >= 4 is 17.3 Å². The van der Waals surface area contributed by atoms with E-state index in [1.165, 1.54) is 6.07 Å². The van der Waals surface area contributed by atoms with Crippen LogP contribution < -0.4 is 5.73 Å². The van der Waals surface area contributed by atoms with Gasteiger partial charge in [-0.25, -0.2) is 4.39 Å². The number of nitrogen functional groups attached to an aromatic ring is 1. The van der Waals surface area contributed by atoms with Gasteiger partial charge in [0.25, 0.3) is 5.89 Å². The van der Waals surface area contributed by atoms with Gasteiger partial charge in [-0.1, -0.05) is 35.0 Å². The van der Waals surface area contributed by atoms with Gasteiger partial charge in [0, 0.05) is 0 Å². The zero-order valence-electron chi connectivity index (χ0n) is 10.2. The molecule has 100 valence electrons. The molecular weight excluding hydrogens is 281 g/mol. The van der Waals surface area contributed by atoms with Crippen molar-refractivity contribution in [2.75, 3.05) is 5.73 Å². The van der Waals surface area contributed by atoms with E-state index in [0.29, 0.717) is 16.3 Å². The molecule has 0 amide bonds. The van der Waals surface area contributed by atoms with Crippen molar-refractivity contribution in [3.63, 3.8) is 0 Å². The second kappa shape index (κ2) is 4.94. The number of nitrogens with two attached hydrogens (primary N) is 1. The first-order valence-corrected chi connectivity index (χ1v) is 6.17. The molecule has 0 bridgehead atoms. The number of rotatable bonds is 2. The fourth-order valence-electron chi connectivity index (χ4n) is 1.81. The second-order valence-electron chi connectivity index (χ2n) is 4.10. The molecule has 0 radical (unpaired) electrons. The molecule has 3 rings (SSSR count). The Morgan fingerprint density at radius 1 is 1.05 bits per heavy atom. The zero-order chi connectivity index (χ0) is 14.1. The summed E-state index contributed by atoms with van der Waals surface area (Å²) in [5.74, 6) is -0.0559. The van der Waals surface area contributed by atoms with Gasteiger partial charge in [-0.05, 0) is 24.3 Å². The van der Waals surface area contributed by atoms with E-state index < -0.39 is 5.82 Å². The first kappa shape index (κ1) is 12.6. The summed E-state index contributed by atoms with van der Waals surface area (Å²) in [4.78, 5) is 4.16. The summed E-state index contributed by atoms with van der Waals surface area (Å²) in [7, 11) is 0. The van der Waals surface area contributed by atoms with Gasteiger partial charge in [0.05, 0.1) is 21.8 Å². The molecule has 0 atom stereocenters. The Bertz CT molecular complexity index is 773. The van der Waals surface area contributed by atoms with Crippen LogP contribution in [0.2, 0.25) is 5.02 Å². The van der Waals surface area contributed by atoms with Crippen LogP contribution in [0, 0.1) is 5.82 Å². The Hall–Kier alpha value is -2.40. The van der Waals surface area contributed by atoms with E-state index in [0.717, 1.165) is 0 Å². The number of hydrogen-bond acceptors (Lipinski definition) is 4. The summed E-state index contributed by atoms with van der Waals surface area (Å²) in [6.45, 7) is 0. The predicted molar refractivity (Wildman–Crippen MR) is 74.6 cm³/mol. The molecule has 4 nitrogen and oxygen atoms in total. The first-order chi connectivity index (χ1) is 9.66. The Balaban J connectivity index is 2.07. The highest BCUT2D eigenvalue weighted by Gasteiger charge is 2.16. The topological polar surface area (TPSA) is 64.9 Å². The van der Waals surface area contributed by atoms with Crippen LogP contribution in [0.15, 0.2) is 47.0 Å². The molecule has 20 heavy (non-hydrogen) atoms. The van der Waals surface area contributed by atoms with Gasteiger partial charge < -0.3 is 10.3 Å². The molecular formula is C14H9ClFN3O. The maximum Gasteiger partial charge on any atom is 0.260 e. The molecule has 1 heterocycles. The van der Waals surface area contributed by atoms with Crippen molar-refractivity contribution in [1.29, 1.82) is 0 Å². The molecule has 3 aromatic rings. The quantitative estimate of drug-likeness (QED) is 0.729. The predicted octanol–water partition coefficient (Wildman–Crippen LogP) is 3.78. The summed E-state index contributed by atoms with van der Waals surface area (Å²) in [5, 5.41) is 4.17. The minimum absolute atomic E-state index is 0.164. The van der Waals surface area contributed by atoms with Crippen LogP contribution in [0.5, 0.6) is 0 Å². The fraction of sp³-hybridized carbons (Fsp3) is 0. The van der Waals surface area contributed by atoms with E-state index in [1.807, 2.05) is 0 Å². The summed E-state index contributed by atoms with van der Waals surface area (Å²) in [5.41, 5.74) is 6.99. The van der Waals surface area contributed by atoms with Gasteiger partial charge in [0.1, 0.15) is 5.82 Å². The molecule has 0 aliphatic carbocycles. The third kappa shape index (κ3) is 2.12. The smallest absolute Gasteiger partial charge is 0.260 e. The molecule has 0 fully saturated rings. The lowest BCUT2D eigenvalue weighted by Crippen LogP contribution is -1.91. The number of aromatic nitrogens is 2. The Morgan fingerprint density at radius 3 is 2.60 bits per heavy atom. The van der Waals surface area contributed by atoms with E-state index >= 15 is 0 Å². The van der Waals surface area contributed by atoms with E-state index in [9.17, 15) is 4.39 Å². The SMILES string of the molecule is Nc1c(Cl)cccc1-c1nc(-c2ccccc2F)no1. The Labute approximate surface area is 119 Å². The van der Waals surface area contributed by atoms with Gasteiger partial charge in [-0.3, -0.25) is 0 Å². The number of hydrogen-bond donors (Lipinski definition) is 1. The number of benzene rings is 2. The van der Waals surface area contributed by atoms with Crippen LogP contribution in [-0.2, 0) is 0 Å². The molecule has 0 aliphatic rings. The highest BCUT2D eigenvalue weighted by Crippen LogP contribution is 2.31. The number of anilines is 1. The maximum absolute atomic E-state index is 13.7. The van der Waals surface area contributed by atoms with Gasteiger partial charge in [0.2, 0.25) is 5.82 Å². The maximum atomic E-state index is 13.7. The molecule has 0 unspecified atom stereocenters. The molecule has 2 N–H and O–H groups in total. The van der Waals surface area contributed by atoms with Gasteiger partial charge >= 0.3 is 0 Å². The molecule has 2 aromatic carbocycles. The molecule has 0 saturated carbocycles. The average Bonchev–Trinajstić information content (AvgIpc) is 2.92. The second-order valence-corrected chi connectivity index (χ2v) is 4.51. The molecule has 0 spiro atoms. The Kier molecular flexibility index (Phi) is 3.12. The Morgan fingerprint density at radius 2 is 1.80 bits per heavy atom. The van der Waals surface area contributed by atoms with Gasteiger partial charge in [-0.2, -0.15) is 4.98 Å². The van der Waals surface area contributed by atoms with Crippen LogP contribution >= 0.6 is 11.6 Å². The van der Waals surface area contributed by atoms with E-state index in [1.54, 1.807) is 36.4 Å². The highest BCUT2D eigenvalue weighted by atomic mass is 35.5. The van der Waals surface area contributed by atoms with Crippen LogP contribution in [0.25, 0.3) is 22.8 Å². The van der Waals surface area contributed by atoms with Crippen molar-refractivity contribution in [2.24, 2.45) is 0 Å². The molecule has 0 saturated heterocycles. The lowest BCUT2D eigenvalue weighted by molar-refractivity contribution is 0.432. The number of halogens is 2. The molecule has 6 heteroatoms. The number of para-hydroxylation sites is 1. The normalized spacial score (nSPS) is 10.7. The summed E-state index contributed by atoms with van der Waals surface area (Å²) >= 11 is 5.94. The van der Waals surface area contributed by atoms with Crippen LogP contribution in [-0.4, -0.2) is 10.1 Å². The summed E-state index contributed by atoms with van der Waals surface area (Å²) in [6.07, 6.45) is 0. The van der Waals surface area contributed by atoms with E-state index in [-0.39, 0.29) is 17.3 Å². The standard InChI is InChI=1S/C14H9ClFN3O/c15-10-6-3-5-9(12(10)17)14-18-13(19-20-14)8-4-1-2-7-11(8)16/h1-7H,17H2. The van der Waals surface area contributed by atoms with Gasteiger partial charge in [0.15, 0.2) is 0 Å².